The summed E-state index contributed by atoms with van der Waals surface area (Å²) in [5, 5.41) is 0. The van der Waals surface area contributed by atoms with Crippen LogP contribution < -0.4 is 4.74 Å². The second-order valence-electron chi connectivity index (χ2n) is 4.70. The maximum atomic E-state index is 13.4. The van der Waals surface area contributed by atoms with Crippen molar-refractivity contribution in [3.63, 3.8) is 0 Å². The Hall–Kier alpha value is -2.75. The lowest BCUT2D eigenvalue weighted by Gasteiger charge is -2.06. The van der Waals surface area contributed by atoms with Gasteiger partial charge < -0.3 is 4.74 Å². The summed E-state index contributed by atoms with van der Waals surface area (Å²) in [6.45, 7) is 0. The van der Waals surface area contributed by atoms with Gasteiger partial charge in [-0.25, -0.2) is 4.39 Å². The number of halogens is 1. The van der Waals surface area contributed by atoms with Crippen LogP contribution in [0.25, 0.3) is 6.08 Å². The number of para-hydroxylation sites is 1. The normalized spacial score (nSPS) is 12.3. The Morgan fingerprint density at radius 1 is 1.10 bits per heavy atom. The molecule has 104 valence electrons. The minimum Gasteiger partial charge on any atom is -0.423 e. The maximum Gasteiger partial charge on any atom is 0.315 e. The summed E-state index contributed by atoms with van der Waals surface area (Å²) < 4.78 is 18.4. The first-order valence-electron chi connectivity index (χ1n) is 6.44. The fourth-order valence-corrected chi connectivity index (χ4v) is 2.18. The van der Waals surface area contributed by atoms with E-state index in [0.717, 1.165) is 5.56 Å². The standard InChI is InChI=1S/C17H11FO3/c18-14-3-1-2-4-16(14)21-17(20)10-11-5-6-12-7-8-15(19)13(12)9-11/h1-9H,10H2. The van der Waals surface area contributed by atoms with Crippen LogP contribution in [0.3, 0.4) is 0 Å². The summed E-state index contributed by atoms with van der Waals surface area (Å²) in [5.41, 5.74) is 2.07. The van der Waals surface area contributed by atoms with Gasteiger partial charge in [0.15, 0.2) is 17.3 Å². The number of esters is 1. The highest BCUT2D eigenvalue weighted by atomic mass is 19.1. The number of hydrogen-bond donors (Lipinski definition) is 0. The van der Waals surface area contributed by atoms with E-state index >= 15 is 0 Å². The van der Waals surface area contributed by atoms with Crippen LogP contribution in [0, 0.1) is 5.82 Å². The Bertz CT molecular complexity index is 762. The van der Waals surface area contributed by atoms with Crippen LogP contribution >= 0.6 is 0 Å². The second kappa shape index (κ2) is 5.32. The number of ether oxygens (including phenoxy) is 1. The third kappa shape index (κ3) is 2.74. The van der Waals surface area contributed by atoms with Gasteiger partial charge in [-0.2, -0.15) is 0 Å². The van der Waals surface area contributed by atoms with Crippen molar-refractivity contribution in [3.05, 3.63) is 71.0 Å². The highest BCUT2D eigenvalue weighted by Crippen LogP contribution is 2.22. The molecule has 0 N–H and O–H groups in total. The van der Waals surface area contributed by atoms with Crippen LogP contribution in [-0.4, -0.2) is 11.8 Å². The average Bonchev–Trinajstić information content (AvgIpc) is 2.83. The number of carbonyl (C=O) groups is 2. The molecule has 0 bridgehead atoms. The molecule has 1 aliphatic carbocycles. The zero-order chi connectivity index (χ0) is 14.8. The first-order chi connectivity index (χ1) is 10.1. The van der Waals surface area contributed by atoms with Crippen molar-refractivity contribution in [2.75, 3.05) is 0 Å². The molecule has 3 rings (SSSR count). The average molecular weight is 282 g/mol. The van der Waals surface area contributed by atoms with E-state index in [1.54, 1.807) is 30.3 Å². The summed E-state index contributed by atoms with van der Waals surface area (Å²) in [7, 11) is 0. The van der Waals surface area contributed by atoms with Gasteiger partial charge in [0.25, 0.3) is 0 Å². The molecule has 0 saturated heterocycles. The highest BCUT2D eigenvalue weighted by Gasteiger charge is 2.16. The van der Waals surface area contributed by atoms with Gasteiger partial charge in [0.1, 0.15) is 0 Å². The number of benzene rings is 2. The summed E-state index contributed by atoms with van der Waals surface area (Å²) in [6.07, 6.45) is 3.21. The van der Waals surface area contributed by atoms with Gasteiger partial charge in [0.05, 0.1) is 6.42 Å². The second-order valence-corrected chi connectivity index (χ2v) is 4.70. The zero-order valence-electron chi connectivity index (χ0n) is 11.0. The van der Waals surface area contributed by atoms with E-state index in [0.29, 0.717) is 11.1 Å². The molecule has 0 radical (unpaired) electrons. The molecule has 0 atom stereocenters. The predicted molar refractivity (Wildman–Crippen MR) is 75.5 cm³/mol. The number of carbonyl (C=O) groups excluding carboxylic acids is 2. The summed E-state index contributed by atoms with van der Waals surface area (Å²) in [6, 6.07) is 10.9. The SMILES string of the molecule is O=C(Cc1ccc2c(c1)C(=O)C=C2)Oc1ccccc1F. The van der Waals surface area contributed by atoms with Crippen molar-refractivity contribution in [1.29, 1.82) is 0 Å². The van der Waals surface area contributed by atoms with Crippen molar-refractivity contribution in [1.82, 2.24) is 0 Å². The van der Waals surface area contributed by atoms with Crippen LogP contribution in [0.5, 0.6) is 5.75 Å². The summed E-state index contributed by atoms with van der Waals surface area (Å²) in [4.78, 5) is 23.4. The number of fused-ring (bicyclic) bond motifs is 1. The van der Waals surface area contributed by atoms with Gasteiger partial charge in [0.2, 0.25) is 0 Å². The summed E-state index contributed by atoms with van der Waals surface area (Å²) in [5.74, 6) is -1.33. The Morgan fingerprint density at radius 3 is 2.71 bits per heavy atom. The third-order valence-corrected chi connectivity index (χ3v) is 3.21. The van der Waals surface area contributed by atoms with Crippen LogP contribution in [0.1, 0.15) is 21.5 Å². The molecule has 0 saturated carbocycles. The minimum absolute atomic E-state index is 0.0190. The smallest absolute Gasteiger partial charge is 0.315 e. The number of allylic oxidation sites excluding steroid dienone is 1. The molecule has 0 heterocycles. The first-order valence-corrected chi connectivity index (χ1v) is 6.44. The van der Waals surface area contributed by atoms with Gasteiger partial charge >= 0.3 is 5.97 Å². The van der Waals surface area contributed by atoms with Crippen molar-refractivity contribution in [2.24, 2.45) is 0 Å². The fraction of sp³-hybridized carbons (Fsp3) is 0.0588. The van der Waals surface area contributed by atoms with Crippen LogP contribution in [0.4, 0.5) is 4.39 Å². The molecule has 0 aromatic heterocycles. The monoisotopic (exact) mass is 282 g/mol. The number of rotatable bonds is 3. The van der Waals surface area contributed by atoms with Gasteiger partial charge in [-0.05, 0) is 35.4 Å². The quantitative estimate of drug-likeness (QED) is 0.641. The third-order valence-electron chi connectivity index (χ3n) is 3.21. The predicted octanol–water partition coefficient (Wildman–Crippen LogP) is 3.18. The van der Waals surface area contributed by atoms with E-state index in [4.69, 9.17) is 4.74 Å². The van der Waals surface area contributed by atoms with E-state index < -0.39 is 11.8 Å². The molecule has 0 fully saturated rings. The van der Waals surface area contributed by atoms with Gasteiger partial charge in [-0.1, -0.05) is 30.3 Å². The molecule has 3 nitrogen and oxygen atoms in total. The van der Waals surface area contributed by atoms with Gasteiger partial charge in [-0.15, -0.1) is 0 Å². The highest BCUT2D eigenvalue weighted by molar-refractivity contribution is 6.13. The fourth-order valence-electron chi connectivity index (χ4n) is 2.18. The molecule has 2 aromatic rings. The molecule has 4 heteroatoms. The van der Waals surface area contributed by atoms with E-state index in [1.807, 2.05) is 0 Å². The largest absolute Gasteiger partial charge is 0.423 e. The lowest BCUT2D eigenvalue weighted by Crippen LogP contribution is -2.12. The molecule has 0 spiro atoms. The maximum absolute atomic E-state index is 13.4. The Morgan fingerprint density at radius 2 is 1.90 bits per heavy atom. The lowest BCUT2D eigenvalue weighted by atomic mass is 10.0. The van der Waals surface area contributed by atoms with E-state index in [2.05, 4.69) is 0 Å². The van der Waals surface area contributed by atoms with Crippen LogP contribution in [0.2, 0.25) is 0 Å². The molecule has 0 unspecified atom stereocenters. The topological polar surface area (TPSA) is 43.4 Å². The summed E-state index contributed by atoms with van der Waals surface area (Å²) >= 11 is 0. The molecule has 1 aliphatic rings. The van der Waals surface area contributed by atoms with Crippen molar-refractivity contribution in [2.45, 2.75) is 6.42 Å². The van der Waals surface area contributed by atoms with Crippen molar-refractivity contribution >= 4 is 17.8 Å². The Kier molecular flexibility index (Phi) is 3.36. The molecule has 21 heavy (non-hydrogen) atoms. The van der Waals surface area contributed by atoms with E-state index in [9.17, 15) is 14.0 Å². The Balaban J connectivity index is 1.73. The van der Waals surface area contributed by atoms with Crippen LogP contribution in [-0.2, 0) is 11.2 Å². The Labute approximate surface area is 120 Å². The molecule has 2 aromatic carbocycles. The van der Waals surface area contributed by atoms with E-state index in [1.165, 1.54) is 24.3 Å². The van der Waals surface area contributed by atoms with Crippen LogP contribution in [0.15, 0.2) is 48.5 Å². The lowest BCUT2D eigenvalue weighted by molar-refractivity contribution is -0.133. The van der Waals surface area contributed by atoms with Crippen molar-refractivity contribution in [3.8, 4) is 5.75 Å². The zero-order valence-corrected chi connectivity index (χ0v) is 11.0. The molecule has 0 aliphatic heterocycles. The van der Waals surface area contributed by atoms with Gasteiger partial charge in [-0.3, -0.25) is 9.59 Å². The number of ketones is 1. The number of hydrogen-bond acceptors (Lipinski definition) is 3. The van der Waals surface area contributed by atoms with Gasteiger partial charge in [0, 0.05) is 5.56 Å². The minimum atomic E-state index is -0.584. The molecule has 0 amide bonds. The first kappa shape index (κ1) is 13.2. The molecular weight excluding hydrogens is 271 g/mol. The molecular formula is C17H11FO3. The van der Waals surface area contributed by atoms with Crippen molar-refractivity contribution < 1.29 is 18.7 Å². The van der Waals surface area contributed by atoms with E-state index in [-0.39, 0.29) is 18.0 Å².